The topological polar surface area (TPSA) is 44.8 Å². The highest BCUT2D eigenvalue weighted by Crippen LogP contribution is 2.40. The normalized spacial score (nSPS) is 16.3. The van der Waals surface area contributed by atoms with Crippen LogP contribution in [0.25, 0.3) is 12.2 Å². The van der Waals surface area contributed by atoms with Crippen molar-refractivity contribution in [2.24, 2.45) is 5.92 Å². The Bertz CT molecular complexity index is 1060. The molecule has 1 aliphatic rings. The van der Waals surface area contributed by atoms with Gasteiger partial charge in [-0.3, -0.25) is 9.29 Å². The van der Waals surface area contributed by atoms with Gasteiger partial charge in [0.25, 0.3) is 0 Å². The molecule has 0 amide bonds. The lowest BCUT2D eigenvalue weighted by atomic mass is 9.76. The SMILES string of the molecule is CC.CSN1CCC(C(c2ccccn2)c2ccc(Cl)cc2/C=C(C)/C=C/c2cnc[nH]2)CC1. The van der Waals surface area contributed by atoms with E-state index in [1.54, 1.807) is 6.33 Å². The number of hydrogen-bond donors (Lipinski definition) is 1. The second kappa shape index (κ2) is 13.5. The highest BCUT2D eigenvalue weighted by Gasteiger charge is 2.30. The molecule has 0 aliphatic carbocycles. The van der Waals surface area contributed by atoms with Gasteiger partial charge in [-0.1, -0.05) is 67.3 Å². The quantitative estimate of drug-likeness (QED) is 0.269. The molecule has 0 saturated carbocycles. The Morgan fingerprint density at radius 2 is 2.00 bits per heavy atom. The molecule has 0 bridgehead atoms. The van der Waals surface area contributed by atoms with Crippen molar-refractivity contribution in [1.29, 1.82) is 0 Å². The van der Waals surface area contributed by atoms with E-state index in [9.17, 15) is 0 Å². The van der Waals surface area contributed by atoms with Crippen molar-refractivity contribution in [3.8, 4) is 0 Å². The number of pyridine rings is 1. The molecular weight excluding hydrogens is 460 g/mol. The van der Waals surface area contributed by atoms with Gasteiger partial charge in [0.2, 0.25) is 0 Å². The number of nitrogens with one attached hydrogen (secondary N) is 1. The molecule has 2 aromatic heterocycles. The molecule has 4 nitrogen and oxygen atoms in total. The maximum absolute atomic E-state index is 6.45. The van der Waals surface area contributed by atoms with E-state index in [-0.39, 0.29) is 5.92 Å². The van der Waals surface area contributed by atoms with Crippen LogP contribution in [0.15, 0.2) is 66.8 Å². The molecule has 1 fully saturated rings. The van der Waals surface area contributed by atoms with Gasteiger partial charge in [-0.05, 0) is 73.4 Å². The van der Waals surface area contributed by atoms with E-state index in [0.29, 0.717) is 5.92 Å². The van der Waals surface area contributed by atoms with Crippen molar-refractivity contribution >= 4 is 35.7 Å². The Morgan fingerprint density at radius 1 is 1.21 bits per heavy atom. The summed E-state index contributed by atoms with van der Waals surface area (Å²) in [6.07, 6.45) is 16.3. The maximum atomic E-state index is 6.45. The number of rotatable bonds is 7. The van der Waals surface area contributed by atoms with Crippen molar-refractivity contribution in [2.75, 3.05) is 19.3 Å². The van der Waals surface area contributed by atoms with Crippen LogP contribution in [0.1, 0.15) is 62.0 Å². The molecule has 3 heterocycles. The van der Waals surface area contributed by atoms with Gasteiger partial charge < -0.3 is 4.98 Å². The van der Waals surface area contributed by atoms with Crippen molar-refractivity contribution < 1.29 is 0 Å². The number of imidazole rings is 1. The Labute approximate surface area is 213 Å². The maximum Gasteiger partial charge on any atom is 0.0924 e. The Hall–Kier alpha value is -2.34. The van der Waals surface area contributed by atoms with Crippen molar-refractivity contribution in [2.45, 2.75) is 39.5 Å². The average molecular weight is 495 g/mol. The zero-order chi connectivity index (χ0) is 24.3. The number of aromatic amines is 1. The fraction of sp³-hybridized carbons (Fsp3) is 0.357. The van der Waals surface area contributed by atoms with Crippen molar-refractivity contribution in [3.63, 3.8) is 0 Å². The predicted octanol–water partition coefficient (Wildman–Crippen LogP) is 7.72. The molecule has 180 valence electrons. The van der Waals surface area contributed by atoms with Crippen molar-refractivity contribution in [3.05, 3.63) is 94.3 Å². The molecule has 1 saturated heterocycles. The summed E-state index contributed by atoms with van der Waals surface area (Å²) in [7, 11) is 0. The predicted molar refractivity (Wildman–Crippen MR) is 148 cm³/mol. The number of aromatic nitrogens is 3. The average Bonchev–Trinajstić information content (AvgIpc) is 3.40. The molecule has 0 radical (unpaired) electrons. The van der Waals surface area contributed by atoms with E-state index in [2.05, 4.69) is 63.9 Å². The zero-order valence-electron chi connectivity index (χ0n) is 20.5. The first kappa shape index (κ1) is 26.3. The Morgan fingerprint density at radius 3 is 2.65 bits per heavy atom. The van der Waals surface area contributed by atoms with Crippen LogP contribution in [-0.4, -0.2) is 38.6 Å². The highest BCUT2D eigenvalue weighted by molar-refractivity contribution is 7.96. The summed E-state index contributed by atoms with van der Waals surface area (Å²) in [5.41, 5.74) is 5.73. The minimum atomic E-state index is 0.244. The lowest BCUT2D eigenvalue weighted by molar-refractivity contribution is 0.270. The number of H-pyrrole nitrogens is 1. The van der Waals surface area contributed by atoms with Crippen LogP contribution in [0.3, 0.4) is 0 Å². The standard InChI is InChI=1S/C26H29ClN4S.C2H6/c1-19(6-8-23-17-28-18-30-23)15-21-16-22(27)7-9-24(21)26(25-5-3-4-12-29-25)20-10-13-31(32-2)14-11-20;1-2/h3-9,12,15-18,20,26H,10-11,13-14H2,1-2H3,(H,28,30);1-2H3/b8-6+,19-15+;. The lowest BCUT2D eigenvalue weighted by Gasteiger charge is -2.35. The summed E-state index contributed by atoms with van der Waals surface area (Å²) in [6.45, 7) is 8.34. The van der Waals surface area contributed by atoms with Gasteiger partial charge in [0.15, 0.2) is 0 Å². The van der Waals surface area contributed by atoms with E-state index < -0.39 is 0 Å². The van der Waals surface area contributed by atoms with Crippen LogP contribution in [0, 0.1) is 5.92 Å². The minimum absolute atomic E-state index is 0.244. The second-order valence-electron chi connectivity index (χ2n) is 8.18. The first-order valence-electron chi connectivity index (χ1n) is 12.0. The van der Waals surface area contributed by atoms with Gasteiger partial charge >= 0.3 is 0 Å². The summed E-state index contributed by atoms with van der Waals surface area (Å²) in [4.78, 5) is 12.0. The number of allylic oxidation sites excluding steroid dienone is 2. The minimum Gasteiger partial charge on any atom is -0.345 e. The molecule has 1 aromatic carbocycles. The highest BCUT2D eigenvalue weighted by atomic mass is 35.5. The van der Waals surface area contributed by atoms with E-state index in [1.165, 1.54) is 5.56 Å². The molecular formula is C28H35ClN4S. The van der Waals surface area contributed by atoms with Crippen molar-refractivity contribution in [1.82, 2.24) is 19.3 Å². The van der Waals surface area contributed by atoms with Gasteiger partial charge in [-0.2, -0.15) is 0 Å². The molecule has 6 heteroatoms. The summed E-state index contributed by atoms with van der Waals surface area (Å²) < 4.78 is 2.46. The molecule has 1 atom stereocenters. The van der Waals surface area contributed by atoms with E-state index in [1.807, 2.05) is 56.4 Å². The summed E-state index contributed by atoms with van der Waals surface area (Å²) >= 11 is 8.29. The third-order valence-electron chi connectivity index (χ3n) is 6.05. The van der Waals surface area contributed by atoms with Crippen LogP contribution >= 0.6 is 23.5 Å². The van der Waals surface area contributed by atoms with E-state index >= 15 is 0 Å². The van der Waals surface area contributed by atoms with Gasteiger partial charge in [-0.15, -0.1) is 0 Å². The van der Waals surface area contributed by atoms with Crippen LogP contribution in [0.5, 0.6) is 0 Å². The van der Waals surface area contributed by atoms with Crippen LogP contribution in [0.4, 0.5) is 0 Å². The summed E-state index contributed by atoms with van der Waals surface area (Å²) in [6, 6.07) is 12.5. The van der Waals surface area contributed by atoms with Gasteiger partial charge in [-0.25, -0.2) is 4.98 Å². The summed E-state index contributed by atoms with van der Waals surface area (Å²) in [5.74, 6) is 0.788. The Balaban J connectivity index is 0.00000158. The molecule has 0 spiro atoms. The van der Waals surface area contributed by atoms with E-state index in [4.69, 9.17) is 16.6 Å². The molecule has 4 rings (SSSR count). The molecule has 3 aromatic rings. The fourth-order valence-electron chi connectivity index (χ4n) is 4.43. The molecule has 1 aliphatic heterocycles. The first-order chi connectivity index (χ1) is 16.6. The van der Waals surface area contributed by atoms with Crippen LogP contribution in [-0.2, 0) is 0 Å². The molecule has 1 unspecified atom stereocenters. The first-order valence-corrected chi connectivity index (χ1v) is 13.5. The van der Waals surface area contributed by atoms with E-state index in [0.717, 1.165) is 53.5 Å². The van der Waals surface area contributed by atoms with Gasteiger partial charge in [0, 0.05) is 35.9 Å². The number of nitrogens with zero attached hydrogens (tertiary/aromatic N) is 3. The largest absolute Gasteiger partial charge is 0.345 e. The zero-order valence-corrected chi connectivity index (χ0v) is 22.1. The molecule has 1 N–H and O–H groups in total. The van der Waals surface area contributed by atoms with Crippen LogP contribution < -0.4 is 0 Å². The van der Waals surface area contributed by atoms with Gasteiger partial charge in [0.1, 0.15) is 0 Å². The third-order valence-corrected chi connectivity index (χ3v) is 7.16. The number of hydrogen-bond acceptors (Lipinski definition) is 4. The number of halogens is 1. The second-order valence-corrected chi connectivity index (χ2v) is 9.50. The lowest BCUT2D eigenvalue weighted by Crippen LogP contribution is -2.32. The smallest absolute Gasteiger partial charge is 0.0924 e. The fourth-order valence-corrected chi connectivity index (χ4v) is 5.19. The monoisotopic (exact) mass is 494 g/mol. The Kier molecular flexibility index (Phi) is 10.4. The number of benzene rings is 1. The van der Waals surface area contributed by atoms with Gasteiger partial charge in [0.05, 0.1) is 18.2 Å². The van der Waals surface area contributed by atoms with Crippen LogP contribution in [0.2, 0.25) is 5.02 Å². The number of piperidine rings is 1. The third kappa shape index (κ3) is 7.08. The summed E-state index contributed by atoms with van der Waals surface area (Å²) in [5, 5.41) is 0.752. The molecule has 34 heavy (non-hydrogen) atoms.